The summed E-state index contributed by atoms with van der Waals surface area (Å²) >= 11 is 18.4. The van der Waals surface area contributed by atoms with E-state index in [2.05, 4.69) is 5.32 Å². The molecule has 0 aromatic heterocycles. The zero-order valence-electron chi connectivity index (χ0n) is 22.7. The highest BCUT2D eigenvalue weighted by molar-refractivity contribution is 7.92. The molecule has 0 radical (unpaired) electrons. The number of alkyl halides is 3. The summed E-state index contributed by atoms with van der Waals surface area (Å²) in [5.74, 6) is -1.45. The maximum absolute atomic E-state index is 13.9. The summed E-state index contributed by atoms with van der Waals surface area (Å²) in [6.45, 7) is 3.83. The van der Waals surface area contributed by atoms with Gasteiger partial charge in [0.25, 0.3) is 10.0 Å². The molecule has 1 N–H and O–H groups in total. The molecule has 3 aromatic rings. The van der Waals surface area contributed by atoms with Crippen LogP contribution in [0.2, 0.25) is 15.1 Å². The van der Waals surface area contributed by atoms with Gasteiger partial charge in [0.05, 0.1) is 21.2 Å². The van der Waals surface area contributed by atoms with Crippen LogP contribution in [-0.2, 0) is 32.3 Å². The zero-order chi connectivity index (χ0) is 31.4. The minimum absolute atomic E-state index is 0.194. The number of hydrogen-bond acceptors (Lipinski definition) is 4. The number of rotatable bonds is 10. The highest BCUT2D eigenvalue weighted by atomic mass is 35.5. The molecule has 2 amide bonds. The molecule has 3 aromatic carbocycles. The molecular formula is C28H27Cl3F3N3O4S. The number of sulfonamides is 1. The van der Waals surface area contributed by atoms with E-state index in [-0.39, 0.29) is 28.0 Å². The van der Waals surface area contributed by atoms with Crippen LogP contribution < -0.4 is 9.62 Å². The topological polar surface area (TPSA) is 86.8 Å². The van der Waals surface area contributed by atoms with Gasteiger partial charge in [-0.3, -0.25) is 13.9 Å². The number of nitrogens with one attached hydrogen (secondary N) is 1. The Morgan fingerprint density at radius 2 is 1.55 bits per heavy atom. The lowest BCUT2D eigenvalue weighted by Gasteiger charge is -2.32. The largest absolute Gasteiger partial charge is 0.417 e. The number of anilines is 1. The highest BCUT2D eigenvalue weighted by Crippen LogP contribution is 2.38. The zero-order valence-corrected chi connectivity index (χ0v) is 25.8. The Kier molecular flexibility index (Phi) is 10.8. The van der Waals surface area contributed by atoms with Gasteiger partial charge in [0.15, 0.2) is 0 Å². The molecule has 0 bridgehead atoms. The Hall–Kier alpha value is -2.99. The predicted octanol–water partition coefficient (Wildman–Crippen LogP) is 6.72. The molecule has 0 aliphatic carbocycles. The van der Waals surface area contributed by atoms with Crippen LogP contribution >= 0.6 is 34.8 Å². The summed E-state index contributed by atoms with van der Waals surface area (Å²) in [5, 5.41) is 2.34. The van der Waals surface area contributed by atoms with Gasteiger partial charge in [-0.2, -0.15) is 13.2 Å². The van der Waals surface area contributed by atoms with E-state index >= 15 is 0 Å². The Morgan fingerprint density at radius 1 is 0.952 bits per heavy atom. The Labute approximate surface area is 257 Å². The van der Waals surface area contributed by atoms with Crippen LogP contribution in [-0.4, -0.2) is 44.3 Å². The second kappa shape index (κ2) is 13.5. The standard InChI is InChI=1S/C28H27Cl3F3N3O4S/c1-4-35-27(39)18(3)36(15-21-23(29)6-5-7-24(21)30)26(38)16-37(42(40,41)20-11-8-17(2)9-12-20)19-10-13-25(31)22(14-19)28(32,33)34/h5-14,18H,4,15-16H2,1-3H3,(H,35,39)/t18-/m1/s1. The molecular weight excluding hydrogens is 638 g/mol. The first-order valence-corrected chi connectivity index (χ1v) is 15.1. The molecule has 0 fully saturated rings. The Bertz CT molecular complexity index is 1550. The van der Waals surface area contributed by atoms with E-state index in [1.54, 1.807) is 19.9 Å². The molecule has 0 spiro atoms. The van der Waals surface area contributed by atoms with Crippen molar-refractivity contribution in [2.45, 2.75) is 44.4 Å². The van der Waals surface area contributed by atoms with Gasteiger partial charge in [-0.15, -0.1) is 0 Å². The average molecular weight is 665 g/mol. The van der Waals surface area contributed by atoms with Crippen molar-refractivity contribution in [3.05, 3.63) is 92.4 Å². The molecule has 7 nitrogen and oxygen atoms in total. The second-order valence-electron chi connectivity index (χ2n) is 9.28. The van der Waals surface area contributed by atoms with Gasteiger partial charge in [-0.1, -0.05) is 58.6 Å². The van der Waals surface area contributed by atoms with Crippen LogP contribution in [0.4, 0.5) is 18.9 Å². The Morgan fingerprint density at radius 3 is 2.10 bits per heavy atom. The summed E-state index contributed by atoms with van der Waals surface area (Å²) in [6.07, 6.45) is -4.91. The van der Waals surface area contributed by atoms with Gasteiger partial charge in [-0.25, -0.2) is 8.42 Å². The lowest BCUT2D eigenvalue weighted by atomic mass is 10.1. The maximum Gasteiger partial charge on any atom is 0.417 e. The molecule has 0 heterocycles. The van der Waals surface area contributed by atoms with Crippen molar-refractivity contribution in [2.24, 2.45) is 0 Å². The lowest BCUT2D eigenvalue weighted by molar-refractivity contribution is -0.139. The smallest absolute Gasteiger partial charge is 0.355 e. The highest BCUT2D eigenvalue weighted by Gasteiger charge is 2.37. The number of carbonyl (C=O) groups is 2. The van der Waals surface area contributed by atoms with E-state index in [1.165, 1.54) is 43.3 Å². The Balaban J connectivity index is 2.16. The molecule has 0 aliphatic heterocycles. The van der Waals surface area contributed by atoms with Crippen molar-refractivity contribution in [1.82, 2.24) is 10.2 Å². The van der Waals surface area contributed by atoms with Gasteiger partial charge in [0, 0.05) is 28.7 Å². The third-order valence-corrected chi connectivity index (χ3v) is 9.17. The minimum Gasteiger partial charge on any atom is -0.355 e. The summed E-state index contributed by atoms with van der Waals surface area (Å²) in [5.41, 5.74) is -0.708. The van der Waals surface area contributed by atoms with E-state index in [9.17, 15) is 31.2 Å². The number of hydrogen-bond donors (Lipinski definition) is 1. The lowest BCUT2D eigenvalue weighted by Crippen LogP contribution is -2.51. The van der Waals surface area contributed by atoms with Crippen LogP contribution in [0.15, 0.2) is 65.6 Å². The van der Waals surface area contributed by atoms with Crippen molar-refractivity contribution in [1.29, 1.82) is 0 Å². The normalized spacial score (nSPS) is 12.5. The number of likely N-dealkylation sites (N-methyl/N-ethyl adjacent to an activating group) is 1. The number of benzene rings is 3. The van der Waals surface area contributed by atoms with Crippen LogP contribution in [0.5, 0.6) is 0 Å². The van der Waals surface area contributed by atoms with Gasteiger partial charge >= 0.3 is 6.18 Å². The van der Waals surface area contributed by atoms with Crippen molar-refractivity contribution in [3.63, 3.8) is 0 Å². The van der Waals surface area contributed by atoms with Gasteiger partial charge in [0.2, 0.25) is 11.8 Å². The fourth-order valence-electron chi connectivity index (χ4n) is 4.01. The third-order valence-electron chi connectivity index (χ3n) is 6.34. The van der Waals surface area contributed by atoms with Gasteiger partial charge in [0.1, 0.15) is 12.6 Å². The fraction of sp³-hybridized carbons (Fsp3) is 0.286. The molecule has 3 rings (SSSR count). The van der Waals surface area contributed by atoms with Crippen molar-refractivity contribution in [3.8, 4) is 0 Å². The van der Waals surface area contributed by atoms with Crippen molar-refractivity contribution >= 4 is 62.3 Å². The fourth-order valence-corrected chi connectivity index (χ4v) is 6.16. The monoisotopic (exact) mass is 663 g/mol. The third kappa shape index (κ3) is 7.69. The van der Waals surface area contributed by atoms with Crippen LogP contribution in [0.1, 0.15) is 30.5 Å². The molecule has 0 saturated heterocycles. The first kappa shape index (κ1) is 33.5. The van der Waals surface area contributed by atoms with Crippen molar-refractivity contribution < 1.29 is 31.2 Å². The van der Waals surface area contributed by atoms with E-state index in [4.69, 9.17) is 34.8 Å². The maximum atomic E-state index is 13.9. The number of aryl methyl sites for hydroxylation is 1. The summed E-state index contributed by atoms with van der Waals surface area (Å²) in [6, 6.07) is 11.6. The molecule has 1 atom stereocenters. The summed E-state index contributed by atoms with van der Waals surface area (Å²) < 4.78 is 69.4. The van der Waals surface area contributed by atoms with E-state index < -0.39 is 56.9 Å². The first-order chi connectivity index (χ1) is 19.6. The number of amides is 2. The molecule has 226 valence electrons. The number of nitrogens with zero attached hydrogens (tertiary/aromatic N) is 2. The number of carbonyl (C=O) groups excluding carboxylic acids is 2. The minimum atomic E-state index is -4.91. The van der Waals surface area contributed by atoms with Gasteiger partial charge in [-0.05, 0) is 63.2 Å². The molecule has 0 saturated carbocycles. The van der Waals surface area contributed by atoms with E-state index in [1.807, 2.05) is 0 Å². The molecule has 42 heavy (non-hydrogen) atoms. The van der Waals surface area contributed by atoms with Gasteiger partial charge < -0.3 is 10.2 Å². The number of halogens is 6. The van der Waals surface area contributed by atoms with E-state index in [0.717, 1.165) is 22.6 Å². The van der Waals surface area contributed by atoms with Crippen LogP contribution in [0, 0.1) is 6.92 Å². The first-order valence-electron chi connectivity index (χ1n) is 12.5. The van der Waals surface area contributed by atoms with E-state index in [0.29, 0.717) is 15.9 Å². The molecule has 14 heteroatoms. The predicted molar refractivity (Wildman–Crippen MR) is 157 cm³/mol. The van der Waals surface area contributed by atoms with Crippen LogP contribution in [0.25, 0.3) is 0 Å². The quantitative estimate of drug-likeness (QED) is 0.261. The molecule has 0 unspecified atom stereocenters. The SMILES string of the molecule is CCNC(=O)[C@@H](C)N(Cc1c(Cl)cccc1Cl)C(=O)CN(c1ccc(Cl)c(C(F)(F)F)c1)S(=O)(=O)c1ccc(C)cc1. The summed E-state index contributed by atoms with van der Waals surface area (Å²) in [4.78, 5) is 27.5. The average Bonchev–Trinajstić information content (AvgIpc) is 2.91. The summed E-state index contributed by atoms with van der Waals surface area (Å²) in [7, 11) is -4.60. The van der Waals surface area contributed by atoms with Crippen LogP contribution in [0.3, 0.4) is 0 Å². The van der Waals surface area contributed by atoms with Crippen molar-refractivity contribution in [2.75, 3.05) is 17.4 Å². The second-order valence-corrected chi connectivity index (χ2v) is 12.4. The molecule has 0 aliphatic rings.